The van der Waals surface area contributed by atoms with Gasteiger partial charge < -0.3 is 5.32 Å². The highest BCUT2D eigenvalue weighted by molar-refractivity contribution is 7.92. The molecule has 17 heavy (non-hydrogen) atoms. The predicted octanol–water partition coefficient (Wildman–Crippen LogP) is 0.638. The number of nitrogens with zero attached hydrogens (tertiary/aromatic N) is 1. The Morgan fingerprint density at radius 3 is 2.82 bits per heavy atom. The third-order valence-electron chi connectivity index (χ3n) is 4.26. The smallest absolute Gasteiger partial charge is 0.154 e. The van der Waals surface area contributed by atoms with Crippen LogP contribution < -0.4 is 5.32 Å². The van der Waals surface area contributed by atoms with Crippen molar-refractivity contribution in [3.05, 3.63) is 0 Å². The summed E-state index contributed by atoms with van der Waals surface area (Å²) in [6.45, 7) is 8.05. The summed E-state index contributed by atoms with van der Waals surface area (Å²) in [6, 6.07) is 0. The van der Waals surface area contributed by atoms with Gasteiger partial charge in [-0.2, -0.15) is 0 Å². The third-order valence-corrected chi connectivity index (χ3v) is 6.52. The first-order chi connectivity index (χ1) is 7.95. The van der Waals surface area contributed by atoms with Crippen LogP contribution in [0.3, 0.4) is 0 Å². The van der Waals surface area contributed by atoms with E-state index in [1.165, 1.54) is 0 Å². The molecular formula is C12H24N2O2S. The second-order valence-corrected chi connectivity index (χ2v) is 8.11. The summed E-state index contributed by atoms with van der Waals surface area (Å²) in [6.07, 6.45) is 2.79. The SMILES string of the molecule is CCC1(C)CN(CC2CCCS2(=O)=O)CCN1. The normalized spacial score (nSPS) is 38.4. The van der Waals surface area contributed by atoms with E-state index in [0.717, 1.165) is 45.4 Å². The van der Waals surface area contributed by atoms with Crippen LogP contribution in [0.2, 0.25) is 0 Å². The fraction of sp³-hybridized carbons (Fsp3) is 1.00. The minimum atomic E-state index is -2.79. The molecular weight excluding hydrogens is 236 g/mol. The molecule has 100 valence electrons. The third kappa shape index (κ3) is 3.01. The summed E-state index contributed by atoms with van der Waals surface area (Å²) in [4.78, 5) is 2.33. The highest BCUT2D eigenvalue weighted by Gasteiger charge is 2.35. The Hall–Kier alpha value is -0.130. The van der Waals surface area contributed by atoms with Gasteiger partial charge >= 0.3 is 0 Å². The van der Waals surface area contributed by atoms with Crippen LogP contribution in [-0.4, -0.2) is 56.0 Å². The fourth-order valence-electron chi connectivity index (χ4n) is 2.89. The zero-order chi connectivity index (χ0) is 12.5. The van der Waals surface area contributed by atoms with E-state index < -0.39 is 9.84 Å². The number of piperazine rings is 1. The standard InChI is InChI=1S/C12H24N2O2S/c1-3-12(2)10-14(7-6-13-12)9-11-5-4-8-17(11,15)16/h11,13H,3-10H2,1-2H3. The van der Waals surface area contributed by atoms with Crippen molar-refractivity contribution in [2.75, 3.05) is 31.9 Å². The van der Waals surface area contributed by atoms with Crippen LogP contribution >= 0.6 is 0 Å². The van der Waals surface area contributed by atoms with Crippen LogP contribution in [0.1, 0.15) is 33.1 Å². The quantitative estimate of drug-likeness (QED) is 0.809. The molecule has 0 saturated carbocycles. The summed E-state index contributed by atoms with van der Waals surface area (Å²) in [5.74, 6) is 0.398. The average Bonchev–Trinajstić information content (AvgIpc) is 2.59. The molecule has 5 heteroatoms. The van der Waals surface area contributed by atoms with Gasteiger partial charge in [0.15, 0.2) is 9.84 Å². The second-order valence-electron chi connectivity index (χ2n) is 5.71. The Labute approximate surface area is 105 Å². The van der Waals surface area contributed by atoms with Gasteiger partial charge in [0.05, 0.1) is 11.0 Å². The maximum Gasteiger partial charge on any atom is 0.154 e. The number of hydrogen-bond donors (Lipinski definition) is 1. The molecule has 4 nitrogen and oxygen atoms in total. The summed E-state index contributed by atoms with van der Waals surface area (Å²) >= 11 is 0. The number of nitrogens with one attached hydrogen (secondary N) is 1. The first kappa shape index (κ1) is 13.3. The van der Waals surface area contributed by atoms with Gasteiger partial charge in [-0.15, -0.1) is 0 Å². The Morgan fingerprint density at radius 1 is 1.47 bits per heavy atom. The van der Waals surface area contributed by atoms with E-state index in [0.29, 0.717) is 5.75 Å². The molecule has 2 aliphatic rings. The van der Waals surface area contributed by atoms with Gasteiger partial charge in [-0.3, -0.25) is 4.90 Å². The zero-order valence-corrected chi connectivity index (χ0v) is 11.7. The van der Waals surface area contributed by atoms with Crippen LogP contribution in [0.15, 0.2) is 0 Å². The lowest BCUT2D eigenvalue weighted by Crippen LogP contribution is -2.59. The Bertz CT molecular complexity index is 369. The first-order valence-electron chi connectivity index (χ1n) is 6.64. The lowest BCUT2D eigenvalue weighted by molar-refractivity contribution is 0.139. The van der Waals surface area contributed by atoms with Gasteiger partial charge in [0.25, 0.3) is 0 Å². The molecule has 2 rings (SSSR count). The molecule has 0 bridgehead atoms. The lowest BCUT2D eigenvalue weighted by atomic mass is 9.96. The summed E-state index contributed by atoms with van der Waals surface area (Å²) in [5.41, 5.74) is 0.153. The van der Waals surface area contributed by atoms with Crippen molar-refractivity contribution in [2.24, 2.45) is 0 Å². The topological polar surface area (TPSA) is 49.4 Å². The maximum absolute atomic E-state index is 11.8. The fourth-order valence-corrected chi connectivity index (χ4v) is 4.75. The lowest BCUT2D eigenvalue weighted by Gasteiger charge is -2.41. The molecule has 2 heterocycles. The molecule has 0 spiro atoms. The van der Waals surface area contributed by atoms with E-state index in [9.17, 15) is 8.42 Å². The molecule has 0 amide bonds. The molecule has 0 aliphatic carbocycles. The highest BCUT2D eigenvalue weighted by Crippen LogP contribution is 2.23. The van der Waals surface area contributed by atoms with E-state index in [-0.39, 0.29) is 10.8 Å². The van der Waals surface area contributed by atoms with E-state index in [4.69, 9.17) is 0 Å². The molecule has 1 N–H and O–H groups in total. The minimum Gasteiger partial charge on any atom is -0.309 e. The number of rotatable bonds is 3. The van der Waals surface area contributed by atoms with Gasteiger partial charge in [-0.05, 0) is 26.2 Å². The van der Waals surface area contributed by atoms with Gasteiger partial charge in [0.2, 0.25) is 0 Å². The van der Waals surface area contributed by atoms with Gasteiger partial charge in [-0.25, -0.2) is 8.42 Å². The van der Waals surface area contributed by atoms with Crippen LogP contribution in [0.25, 0.3) is 0 Å². The second kappa shape index (κ2) is 4.86. The molecule has 2 atom stereocenters. The largest absolute Gasteiger partial charge is 0.309 e. The Balaban J connectivity index is 1.95. The minimum absolute atomic E-state index is 0.110. The monoisotopic (exact) mass is 260 g/mol. The first-order valence-corrected chi connectivity index (χ1v) is 8.36. The van der Waals surface area contributed by atoms with Crippen LogP contribution in [0.5, 0.6) is 0 Å². The van der Waals surface area contributed by atoms with Crippen molar-refractivity contribution in [1.29, 1.82) is 0 Å². The average molecular weight is 260 g/mol. The van der Waals surface area contributed by atoms with Crippen molar-refractivity contribution in [3.8, 4) is 0 Å². The van der Waals surface area contributed by atoms with Crippen molar-refractivity contribution in [1.82, 2.24) is 10.2 Å². The van der Waals surface area contributed by atoms with Crippen LogP contribution in [0.4, 0.5) is 0 Å². The van der Waals surface area contributed by atoms with Crippen molar-refractivity contribution in [3.63, 3.8) is 0 Å². The Kier molecular flexibility index (Phi) is 3.80. The summed E-state index contributed by atoms with van der Waals surface area (Å²) < 4.78 is 23.6. The highest BCUT2D eigenvalue weighted by atomic mass is 32.2. The molecule has 0 aromatic carbocycles. The van der Waals surface area contributed by atoms with Crippen LogP contribution in [0, 0.1) is 0 Å². The molecule has 2 saturated heterocycles. The molecule has 2 unspecified atom stereocenters. The number of hydrogen-bond acceptors (Lipinski definition) is 4. The summed E-state index contributed by atoms with van der Waals surface area (Å²) in [7, 11) is -2.79. The predicted molar refractivity (Wildman–Crippen MR) is 69.9 cm³/mol. The van der Waals surface area contributed by atoms with Gasteiger partial charge in [0, 0.05) is 31.7 Å². The Morgan fingerprint density at radius 2 is 2.24 bits per heavy atom. The van der Waals surface area contributed by atoms with Crippen molar-refractivity contribution >= 4 is 9.84 Å². The molecule has 2 aliphatic heterocycles. The van der Waals surface area contributed by atoms with Gasteiger partial charge in [0.1, 0.15) is 0 Å². The van der Waals surface area contributed by atoms with E-state index in [1.54, 1.807) is 0 Å². The van der Waals surface area contributed by atoms with Gasteiger partial charge in [-0.1, -0.05) is 6.92 Å². The molecule has 0 aromatic heterocycles. The number of sulfone groups is 1. The van der Waals surface area contributed by atoms with Crippen molar-refractivity contribution < 1.29 is 8.42 Å². The zero-order valence-electron chi connectivity index (χ0n) is 10.9. The summed E-state index contributed by atoms with van der Waals surface area (Å²) in [5, 5.41) is 3.42. The van der Waals surface area contributed by atoms with E-state index in [2.05, 4.69) is 24.1 Å². The molecule has 0 aromatic rings. The maximum atomic E-state index is 11.8. The van der Waals surface area contributed by atoms with Crippen LogP contribution in [-0.2, 0) is 9.84 Å². The van der Waals surface area contributed by atoms with E-state index >= 15 is 0 Å². The molecule has 0 radical (unpaired) electrons. The molecule has 2 fully saturated rings. The van der Waals surface area contributed by atoms with Crippen molar-refractivity contribution in [2.45, 2.75) is 43.9 Å². The van der Waals surface area contributed by atoms with E-state index in [1.807, 2.05) is 0 Å².